The Labute approximate surface area is 73.0 Å². The van der Waals surface area contributed by atoms with E-state index >= 15 is 0 Å². The van der Waals surface area contributed by atoms with Crippen LogP contribution in [0.25, 0.3) is 0 Å². The Balaban J connectivity index is 2.14. The molecule has 1 aliphatic heterocycles. The van der Waals surface area contributed by atoms with Gasteiger partial charge in [0, 0.05) is 19.2 Å². The Morgan fingerprint density at radius 3 is 3.00 bits per heavy atom. The van der Waals surface area contributed by atoms with Crippen LogP contribution in [0.15, 0.2) is 12.3 Å². The van der Waals surface area contributed by atoms with Gasteiger partial charge in [-0.25, -0.2) is 0 Å². The molecular weight excluding hydrogens is 154 g/mol. The molecule has 1 aliphatic rings. The number of rotatable bonds is 3. The molecule has 1 fully saturated rings. The van der Waals surface area contributed by atoms with Crippen molar-refractivity contribution >= 4 is 5.97 Å². The van der Waals surface area contributed by atoms with Crippen LogP contribution in [0.2, 0.25) is 0 Å². The van der Waals surface area contributed by atoms with Gasteiger partial charge < -0.3 is 9.64 Å². The minimum Gasteiger partial charge on any atom is -0.464 e. The third-order valence-corrected chi connectivity index (χ3v) is 2.01. The van der Waals surface area contributed by atoms with Gasteiger partial charge in [0.2, 0.25) is 0 Å². The highest BCUT2D eigenvalue weighted by Gasteiger charge is 2.13. The van der Waals surface area contributed by atoms with Crippen molar-refractivity contribution < 1.29 is 9.53 Å². The number of ether oxygens (including phenoxy) is 1. The molecule has 0 spiro atoms. The monoisotopic (exact) mass is 169 g/mol. The number of nitrogens with zero attached hydrogens (tertiary/aromatic N) is 1. The molecule has 3 nitrogen and oxygen atoms in total. The third kappa shape index (κ3) is 2.57. The fourth-order valence-corrected chi connectivity index (χ4v) is 1.36. The molecule has 3 heteroatoms. The van der Waals surface area contributed by atoms with Crippen molar-refractivity contribution in [3.8, 4) is 0 Å². The van der Waals surface area contributed by atoms with Crippen LogP contribution in [0, 0.1) is 0 Å². The molecule has 0 bridgehead atoms. The lowest BCUT2D eigenvalue weighted by Crippen LogP contribution is -2.23. The maximum Gasteiger partial charge on any atom is 0.302 e. The van der Waals surface area contributed by atoms with Gasteiger partial charge in [0.25, 0.3) is 0 Å². The first kappa shape index (κ1) is 9.10. The first-order valence-corrected chi connectivity index (χ1v) is 4.26. The minimum atomic E-state index is -0.209. The second kappa shape index (κ2) is 4.14. The number of esters is 1. The Morgan fingerprint density at radius 2 is 2.50 bits per heavy atom. The summed E-state index contributed by atoms with van der Waals surface area (Å²) in [5.41, 5.74) is 1.17. The molecule has 1 heterocycles. The molecule has 0 aliphatic carbocycles. The van der Waals surface area contributed by atoms with E-state index in [4.69, 9.17) is 4.74 Å². The standard InChI is InChI=1S/C9H15NO2/c1-8-4-3-5-10(8)6-7-12-9(2)11/h1,3-7H2,2H3. The largest absolute Gasteiger partial charge is 0.464 e. The number of allylic oxidation sites excluding steroid dienone is 1. The van der Waals surface area contributed by atoms with Gasteiger partial charge in [-0.3, -0.25) is 4.79 Å². The average molecular weight is 169 g/mol. The zero-order chi connectivity index (χ0) is 8.97. The number of likely N-dealkylation sites (tertiary alicyclic amines) is 1. The van der Waals surface area contributed by atoms with E-state index in [9.17, 15) is 4.79 Å². The highest BCUT2D eigenvalue weighted by atomic mass is 16.5. The summed E-state index contributed by atoms with van der Waals surface area (Å²) < 4.78 is 4.83. The maximum absolute atomic E-state index is 10.4. The summed E-state index contributed by atoms with van der Waals surface area (Å²) in [7, 11) is 0. The van der Waals surface area contributed by atoms with E-state index in [2.05, 4.69) is 11.5 Å². The Bertz CT molecular complexity index is 189. The van der Waals surface area contributed by atoms with E-state index in [1.165, 1.54) is 19.0 Å². The molecule has 68 valence electrons. The van der Waals surface area contributed by atoms with Gasteiger partial charge in [-0.05, 0) is 12.8 Å². The summed E-state index contributed by atoms with van der Waals surface area (Å²) in [6.45, 7) is 7.67. The summed E-state index contributed by atoms with van der Waals surface area (Å²) in [6, 6.07) is 0. The first-order valence-electron chi connectivity index (χ1n) is 4.26. The topological polar surface area (TPSA) is 29.5 Å². The normalized spacial score (nSPS) is 16.8. The van der Waals surface area contributed by atoms with Gasteiger partial charge in [-0.15, -0.1) is 0 Å². The van der Waals surface area contributed by atoms with Crippen molar-refractivity contribution in [2.45, 2.75) is 19.8 Å². The van der Waals surface area contributed by atoms with Crippen molar-refractivity contribution in [2.24, 2.45) is 0 Å². The minimum absolute atomic E-state index is 0.209. The van der Waals surface area contributed by atoms with E-state index in [-0.39, 0.29) is 5.97 Å². The second-order valence-corrected chi connectivity index (χ2v) is 3.00. The molecule has 0 aromatic carbocycles. The molecule has 1 saturated heterocycles. The number of carbonyl (C=O) groups is 1. The third-order valence-electron chi connectivity index (χ3n) is 2.01. The van der Waals surface area contributed by atoms with E-state index < -0.39 is 0 Å². The molecular formula is C9H15NO2. The molecule has 0 atom stereocenters. The van der Waals surface area contributed by atoms with Gasteiger partial charge in [-0.2, -0.15) is 0 Å². The molecule has 0 saturated carbocycles. The number of hydrogen-bond donors (Lipinski definition) is 0. The molecule has 0 N–H and O–H groups in total. The lowest BCUT2D eigenvalue weighted by atomic mass is 10.3. The average Bonchev–Trinajstić information content (AvgIpc) is 2.36. The summed E-state index contributed by atoms with van der Waals surface area (Å²) in [6.07, 6.45) is 2.26. The van der Waals surface area contributed by atoms with Crippen LogP contribution in [0.5, 0.6) is 0 Å². The van der Waals surface area contributed by atoms with Crippen LogP contribution in [-0.4, -0.2) is 30.6 Å². The highest BCUT2D eigenvalue weighted by molar-refractivity contribution is 5.65. The van der Waals surface area contributed by atoms with Crippen LogP contribution < -0.4 is 0 Å². The van der Waals surface area contributed by atoms with E-state index in [0.29, 0.717) is 6.61 Å². The number of hydrogen-bond acceptors (Lipinski definition) is 3. The van der Waals surface area contributed by atoms with Gasteiger partial charge >= 0.3 is 5.97 Å². The van der Waals surface area contributed by atoms with E-state index in [0.717, 1.165) is 19.5 Å². The van der Waals surface area contributed by atoms with Crippen LogP contribution >= 0.6 is 0 Å². The molecule has 0 amide bonds. The van der Waals surface area contributed by atoms with Crippen molar-refractivity contribution in [3.05, 3.63) is 12.3 Å². The summed E-state index contributed by atoms with van der Waals surface area (Å²) >= 11 is 0. The molecule has 0 radical (unpaired) electrons. The predicted molar refractivity (Wildman–Crippen MR) is 46.6 cm³/mol. The van der Waals surface area contributed by atoms with Crippen LogP contribution in [0.1, 0.15) is 19.8 Å². The van der Waals surface area contributed by atoms with Gasteiger partial charge in [-0.1, -0.05) is 6.58 Å². The van der Waals surface area contributed by atoms with E-state index in [1.54, 1.807) is 0 Å². The Hall–Kier alpha value is -0.990. The fraction of sp³-hybridized carbons (Fsp3) is 0.667. The van der Waals surface area contributed by atoms with Gasteiger partial charge in [0.05, 0.1) is 6.54 Å². The van der Waals surface area contributed by atoms with Crippen LogP contribution in [-0.2, 0) is 9.53 Å². The summed E-state index contributed by atoms with van der Waals surface area (Å²) in [5.74, 6) is -0.209. The molecule has 0 unspecified atom stereocenters. The van der Waals surface area contributed by atoms with Crippen molar-refractivity contribution in [3.63, 3.8) is 0 Å². The number of carbonyl (C=O) groups excluding carboxylic acids is 1. The van der Waals surface area contributed by atoms with Crippen molar-refractivity contribution in [2.75, 3.05) is 19.7 Å². The Morgan fingerprint density at radius 1 is 1.75 bits per heavy atom. The quantitative estimate of drug-likeness (QED) is 0.594. The van der Waals surface area contributed by atoms with Crippen LogP contribution in [0.3, 0.4) is 0 Å². The van der Waals surface area contributed by atoms with Gasteiger partial charge in [0.1, 0.15) is 6.61 Å². The summed E-state index contributed by atoms with van der Waals surface area (Å²) in [5, 5.41) is 0. The SMILES string of the molecule is C=C1CCCN1CCOC(C)=O. The Kier molecular flexibility index (Phi) is 3.14. The molecule has 0 aromatic rings. The maximum atomic E-state index is 10.4. The zero-order valence-corrected chi connectivity index (χ0v) is 7.51. The van der Waals surface area contributed by atoms with Crippen LogP contribution in [0.4, 0.5) is 0 Å². The predicted octanol–water partition coefficient (Wildman–Crippen LogP) is 1.16. The smallest absolute Gasteiger partial charge is 0.302 e. The summed E-state index contributed by atoms with van der Waals surface area (Å²) in [4.78, 5) is 12.6. The lowest BCUT2D eigenvalue weighted by molar-refractivity contribution is -0.141. The van der Waals surface area contributed by atoms with Crippen molar-refractivity contribution in [1.29, 1.82) is 0 Å². The van der Waals surface area contributed by atoms with E-state index in [1.807, 2.05) is 0 Å². The molecule has 12 heavy (non-hydrogen) atoms. The second-order valence-electron chi connectivity index (χ2n) is 3.00. The zero-order valence-electron chi connectivity index (χ0n) is 7.51. The molecule has 1 rings (SSSR count). The molecule has 0 aromatic heterocycles. The lowest BCUT2D eigenvalue weighted by Gasteiger charge is -2.18. The highest BCUT2D eigenvalue weighted by Crippen LogP contribution is 2.17. The van der Waals surface area contributed by atoms with Gasteiger partial charge in [0.15, 0.2) is 0 Å². The first-order chi connectivity index (χ1) is 5.70. The van der Waals surface area contributed by atoms with Crippen molar-refractivity contribution in [1.82, 2.24) is 4.90 Å². The fourth-order valence-electron chi connectivity index (χ4n) is 1.36.